The molecule has 0 saturated carbocycles. The van der Waals surface area contributed by atoms with Crippen LogP contribution in [0.15, 0.2) is 12.1 Å². The highest BCUT2D eigenvalue weighted by Crippen LogP contribution is 2.35. The molecule has 0 heterocycles. The molecule has 0 fully saturated rings. The topological polar surface area (TPSA) is 53.7 Å². The van der Waals surface area contributed by atoms with Crippen molar-refractivity contribution < 1.29 is 14.2 Å². The van der Waals surface area contributed by atoms with Crippen molar-refractivity contribution in [2.75, 3.05) is 20.5 Å². The van der Waals surface area contributed by atoms with Gasteiger partial charge in [0, 0.05) is 29.3 Å². The first-order valence-electron chi connectivity index (χ1n) is 5.91. The van der Waals surface area contributed by atoms with Gasteiger partial charge in [-0.05, 0) is 26.3 Å². The van der Waals surface area contributed by atoms with E-state index in [0.717, 1.165) is 5.56 Å². The number of hydrogen-bond acceptors (Lipinski definition) is 4. The third kappa shape index (κ3) is 4.37. The van der Waals surface area contributed by atoms with Gasteiger partial charge in [0.2, 0.25) is 0 Å². The summed E-state index contributed by atoms with van der Waals surface area (Å²) in [5.41, 5.74) is 6.74. The van der Waals surface area contributed by atoms with Crippen LogP contribution in [0, 0.1) is 0 Å². The third-order valence-electron chi connectivity index (χ3n) is 2.35. The second kappa shape index (κ2) is 7.46. The Morgan fingerprint density at radius 2 is 2.11 bits per heavy atom. The fourth-order valence-electron chi connectivity index (χ4n) is 1.62. The number of benzene rings is 1. The van der Waals surface area contributed by atoms with Crippen molar-refractivity contribution in [3.05, 3.63) is 22.7 Å². The molecule has 1 aromatic rings. The van der Waals surface area contributed by atoms with Crippen LogP contribution in [-0.4, -0.2) is 26.6 Å². The lowest BCUT2D eigenvalue weighted by molar-refractivity contribution is 0.0203. The number of rotatable bonds is 7. The fraction of sp³-hybridized carbons (Fsp3) is 0.538. The van der Waals surface area contributed by atoms with Crippen molar-refractivity contribution in [1.82, 2.24) is 0 Å². The van der Waals surface area contributed by atoms with E-state index >= 15 is 0 Å². The minimum absolute atomic E-state index is 0.0163. The van der Waals surface area contributed by atoms with Gasteiger partial charge in [0.05, 0.1) is 7.11 Å². The van der Waals surface area contributed by atoms with Crippen LogP contribution in [0.3, 0.4) is 0 Å². The van der Waals surface area contributed by atoms with Gasteiger partial charge in [0.1, 0.15) is 0 Å². The molecule has 5 heteroatoms. The summed E-state index contributed by atoms with van der Waals surface area (Å²) in [6.07, 6.45) is 0.665. The Balaban J connectivity index is 2.99. The number of halogens is 1. The molecule has 18 heavy (non-hydrogen) atoms. The van der Waals surface area contributed by atoms with Crippen LogP contribution >= 0.6 is 11.6 Å². The molecule has 102 valence electrons. The van der Waals surface area contributed by atoms with Gasteiger partial charge < -0.3 is 19.9 Å². The van der Waals surface area contributed by atoms with E-state index in [9.17, 15) is 0 Å². The van der Waals surface area contributed by atoms with Gasteiger partial charge >= 0.3 is 0 Å². The molecule has 0 aliphatic heterocycles. The molecule has 0 radical (unpaired) electrons. The summed E-state index contributed by atoms with van der Waals surface area (Å²) >= 11 is 6.04. The molecule has 2 N–H and O–H groups in total. The summed E-state index contributed by atoms with van der Waals surface area (Å²) in [6.45, 7) is 4.62. The van der Waals surface area contributed by atoms with Gasteiger partial charge in [-0.15, -0.1) is 0 Å². The minimum Gasteiger partial charge on any atom is -0.493 e. The van der Waals surface area contributed by atoms with E-state index in [4.69, 9.17) is 31.5 Å². The van der Waals surface area contributed by atoms with Gasteiger partial charge in [-0.25, -0.2) is 0 Å². The van der Waals surface area contributed by atoms with E-state index in [0.29, 0.717) is 29.5 Å². The SMILES string of the molecule is CCOCOc1c(CC(C)N)cc(Cl)cc1OC. The molecule has 1 aromatic carbocycles. The lowest BCUT2D eigenvalue weighted by Crippen LogP contribution is -2.18. The predicted octanol–water partition coefficient (Wildman–Crippen LogP) is 2.61. The van der Waals surface area contributed by atoms with E-state index in [-0.39, 0.29) is 12.8 Å². The zero-order valence-corrected chi connectivity index (χ0v) is 11.8. The molecule has 0 spiro atoms. The highest BCUT2D eigenvalue weighted by molar-refractivity contribution is 6.30. The molecule has 0 amide bonds. The Bertz CT molecular complexity index is 383. The second-order valence-electron chi connectivity index (χ2n) is 4.03. The van der Waals surface area contributed by atoms with Gasteiger partial charge in [0.15, 0.2) is 18.3 Å². The third-order valence-corrected chi connectivity index (χ3v) is 2.57. The van der Waals surface area contributed by atoms with Crippen molar-refractivity contribution in [3.63, 3.8) is 0 Å². The molecule has 0 aliphatic rings. The van der Waals surface area contributed by atoms with Crippen molar-refractivity contribution >= 4 is 11.6 Å². The van der Waals surface area contributed by atoms with Crippen LogP contribution in [0.4, 0.5) is 0 Å². The number of hydrogen-bond donors (Lipinski definition) is 1. The van der Waals surface area contributed by atoms with E-state index in [1.165, 1.54) is 0 Å². The fourth-order valence-corrected chi connectivity index (χ4v) is 1.85. The monoisotopic (exact) mass is 273 g/mol. The Kier molecular flexibility index (Phi) is 6.25. The molecule has 4 nitrogen and oxygen atoms in total. The van der Waals surface area contributed by atoms with Crippen LogP contribution in [0.5, 0.6) is 11.5 Å². The van der Waals surface area contributed by atoms with E-state index in [1.54, 1.807) is 13.2 Å². The highest BCUT2D eigenvalue weighted by Gasteiger charge is 2.14. The minimum atomic E-state index is 0.0163. The molecule has 0 saturated heterocycles. The largest absolute Gasteiger partial charge is 0.493 e. The molecule has 0 aromatic heterocycles. The first kappa shape index (κ1) is 15.1. The normalized spacial score (nSPS) is 12.3. The lowest BCUT2D eigenvalue weighted by atomic mass is 10.1. The van der Waals surface area contributed by atoms with E-state index < -0.39 is 0 Å². The van der Waals surface area contributed by atoms with Crippen LogP contribution in [0.2, 0.25) is 5.02 Å². The number of nitrogens with two attached hydrogens (primary N) is 1. The van der Waals surface area contributed by atoms with Gasteiger partial charge in [-0.2, -0.15) is 0 Å². The van der Waals surface area contributed by atoms with Crippen LogP contribution in [0.25, 0.3) is 0 Å². The maximum absolute atomic E-state index is 6.04. The summed E-state index contributed by atoms with van der Waals surface area (Å²) in [7, 11) is 1.58. The van der Waals surface area contributed by atoms with Crippen LogP contribution in [-0.2, 0) is 11.2 Å². The van der Waals surface area contributed by atoms with Gasteiger partial charge in [0.25, 0.3) is 0 Å². The summed E-state index contributed by atoms with van der Waals surface area (Å²) in [6, 6.07) is 3.57. The molecular formula is C13H20ClNO3. The Morgan fingerprint density at radius 3 is 2.67 bits per heavy atom. The van der Waals surface area contributed by atoms with Gasteiger partial charge in [-0.1, -0.05) is 11.6 Å². The smallest absolute Gasteiger partial charge is 0.189 e. The Labute approximate surface area is 113 Å². The summed E-state index contributed by atoms with van der Waals surface area (Å²) in [5.74, 6) is 1.24. The highest BCUT2D eigenvalue weighted by atomic mass is 35.5. The summed E-state index contributed by atoms with van der Waals surface area (Å²) < 4.78 is 16.1. The predicted molar refractivity (Wildman–Crippen MR) is 72.5 cm³/mol. The first-order valence-corrected chi connectivity index (χ1v) is 6.28. The quantitative estimate of drug-likeness (QED) is 0.613. The van der Waals surface area contributed by atoms with E-state index in [1.807, 2.05) is 19.9 Å². The molecular weight excluding hydrogens is 254 g/mol. The van der Waals surface area contributed by atoms with Gasteiger partial charge in [-0.3, -0.25) is 0 Å². The average Bonchev–Trinajstić information content (AvgIpc) is 2.30. The molecule has 1 rings (SSSR count). The molecule has 1 unspecified atom stereocenters. The maximum atomic E-state index is 6.04. The maximum Gasteiger partial charge on any atom is 0.189 e. The first-order chi connectivity index (χ1) is 8.58. The Morgan fingerprint density at radius 1 is 1.39 bits per heavy atom. The van der Waals surface area contributed by atoms with Crippen molar-refractivity contribution in [2.45, 2.75) is 26.3 Å². The van der Waals surface area contributed by atoms with Crippen molar-refractivity contribution in [1.29, 1.82) is 0 Å². The summed E-state index contributed by atoms with van der Waals surface area (Å²) in [5, 5.41) is 0.603. The zero-order valence-electron chi connectivity index (χ0n) is 11.0. The number of methoxy groups -OCH3 is 1. The van der Waals surface area contributed by atoms with Crippen LogP contribution < -0.4 is 15.2 Å². The molecule has 0 bridgehead atoms. The van der Waals surface area contributed by atoms with Crippen LogP contribution in [0.1, 0.15) is 19.4 Å². The zero-order chi connectivity index (χ0) is 13.5. The molecule has 0 aliphatic carbocycles. The van der Waals surface area contributed by atoms with Crippen molar-refractivity contribution in [3.8, 4) is 11.5 Å². The molecule has 1 atom stereocenters. The lowest BCUT2D eigenvalue weighted by Gasteiger charge is -2.16. The van der Waals surface area contributed by atoms with E-state index in [2.05, 4.69) is 0 Å². The Hall–Kier alpha value is -0.970. The second-order valence-corrected chi connectivity index (χ2v) is 4.47. The number of ether oxygens (including phenoxy) is 3. The average molecular weight is 274 g/mol. The van der Waals surface area contributed by atoms with Crippen molar-refractivity contribution in [2.24, 2.45) is 5.73 Å². The summed E-state index contributed by atoms with van der Waals surface area (Å²) in [4.78, 5) is 0. The standard InChI is InChI=1S/C13H20ClNO3/c1-4-17-8-18-13-10(5-9(2)15)6-11(14)7-12(13)16-3/h6-7,9H,4-5,8,15H2,1-3H3.